The molecule has 2 heterocycles. The molecule has 0 bridgehead atoms. The van der Waals surface area contributed by atoms with Crippen molar-refractivity contribution >= 4 is 11.7 Å². The highest BCUT2D eigenvalue weighted by molar-refractivity contribution is 6.05. The normalized spacial score (nSPS) is 11.7. The number of benzene rings is 1. The first kappa shape index (κ1) is 18.8. The van der Waals surface area contributed by atoms with E-state index in [0.29, 0.717) is 22.8 Å². The van der Waals surface area contributed by atoms with E-state index in [-0.39, 0.29) is 5.69 Å². The first-order valence-electron chi connectivity index (χ1n) is 8.27. The van der Waals surface area contributed by atoms with E-state index in [1.54, 1.807) is 46.0 Å². The van der Waals surface area contributed by atoms with Crippen molar-refractivity contribution in [3.8, 4) is 5.69 Å². The number of rotatable bonds is 3. The lowest BCUT2D eigenvalue weighted by atomic mass is 10.1. The average molecular weight is 376 g/mol. The van der Waals surface area contributed by atoms with Crippen molar-refractivity contribution in [1.82, 2.24) is 14.3 Å². The molecule has 1 N–H and O–H groups in total. The molecule has 8 heteroatoms. The molecule has 0 radical (unpaired) electrons. The molecule has 3 aromatic rings. The summed E-state index contributed by atoms with van der Waals surface area (Å²) in [5.41, 5.74) is 1.27. The van der Waals surface area contributed by atoms with Crippen LogP contribution in [0.1, 0.15) is 33.0 Å². The summed E-state index contributed by atoms with van der Waals surface area (Å²) in [6.07, 6.45) is -4.49. The Bertz CT molecular complexity index is 1010. The Morgan fingerprint density at radius 2 is 1.78 bits per heavy atom. The van der Waals surface area contributed by atoms with Crippen molar-refractivity contribution < 1.29 is 18.0 Å². The Morgan fingerprint density at radius 3 is 2.37 bits per heavy atom. The number of aryl methyl sites for hydroxylation is 3. The van der Waals surface area contributed by atoms with Crippen molar-refractivity contribution in [3.63, 3.8) is 0 Å². The van der Waals surface area contributed by atoms with Crippen LogP contribution in [-0.2, 0) is 13.2 Å². The third kappa shape index (κ3) is 3.47. The summed E-state index contributed by atoms with van der Waals surface area (Å²) < 4.78 is 43.2. The smallest absolute Gasteiger partial charge is 0.317 e. The summed E-state index contributed by atoms with van der Waals surface area (Å²) in [6, 6.07) is 8.62. The maximum absolute atomic E-state index is 13.4. The predicted octanol–water partition coefficient (Wildman–Crippen LogP) is 4.41. The van der Waals surface area contributed by atoms with E-state index in [4.69, 9.17) is 0 Å². The average Bonchev–Trinajstić information content (AvgIpc) is 3.04. The van der Waals surface area contributed by atoms with Crippen LogP contribution in [0.15, 0.2) is 36.4 Å². The molecule has 3 rings (SSSR count). The third-order valence-electron chi connectivity index (χ3n) is 4.37. The van der Waals surface area contributed by atoms with E-state index in [0.717, 1.165) is 11.8 Å². The summed E-state index contributed by atoms with van der Waals surface area (Å²) in [5, 5.41) is 6.91. The second kappa shape index (κ2) is 6.61. The molecule has 0 aliphatic heterocycles. The second-order valence-corrected chi connectivity index (χ2v) is 6.38. The van der Waals surface area contributed by atoms with Gasteiger partial charge in [0.05, 0.1) is 22.5 Å². The summed E-state index contributed by atoms with van der Waals surface area (Å²) in [7, 11) is 1.70. The Balaban J connectivity index is 2.04. The standard InChI is InChI=1S/C19H19F3N4O/c1-11-9-17(25(4)24-11)23-18(27)14-10-12(2)26(13(14)3)16-8-6-5-7-15(16)19(20,21)22/h5-10H,1-4H3,(H,23,27). The van der Waals surface area contributed by atoms with Crippen molar-refractivity contribution in [2.24, 2.45) is 7.05 Å². The topological polar surface area (TPSA) is 51.9 Å². The molecular formula is C19H19F3N4O. The van der Waals surface area contributed by atoms with Gasteiger partial charge in [-0.1, -0.05) is 12.1 Å². The molecule has 0 aliphatic rings. The number of carbonyl (C=O) groups is 1. The van der Waals surface area contributed by atoms with Crippen LogP contribution >= 0.6 is 0 Å². The monoisotopic (exact) mass is 376 g/mol. The van der Waals surface area contributed by atoms with E-state index < -0.39 is 17.6 Å². The predicted molar refractivity (Wildman–Crippen MR) is 96.1 cm³/mol. The van der Waals surface area contributed by atoms with Gasteiger partial charge >= 0.3 is 6.18 Å². The van der Waals surface area contributed by atoms with E-state index >= 15 is 0 Å². The van der Waals surface area contributed by atoms with Crippen LogP contribution in [0.25, 0.3) is 5.69 Å². The Morgan fingerprint density at radius 1 is 1.11 bits per heavy atom. The summed E-state index contributed by atoms with van der Waals surface area (Å²) in [5.74, 6) is 0.111. The molecule has 1 aromatic carbocycles. The lowest BCUT2D eigenvalue weighted by molar-refractivity contribution is -0.137. The Labute approximate surface area is 154 Å². The molecule has 27 heavy (non-hydrogen) atoms. The van der Waals surface area contributed by atoms with Crippen LogP contribution < -0.4 is 5.32 Å². The zero-order valence-electron chi connectivity index (χ0n) is 15.3. The highest BCUT2D eigenvalue weighted by atomic mass is 19.4. The van der Waals surface area contributed by atoms with Crippen molar-refractivity contribution in [2.45, 2.75) is 26.9 Å². The van der Waals surface area contributed by atoms with Gasteiger partial charge in [-0.25, -0.2) is 0 Å². The van der Waals surface area contributed by atoms with E-state index in [1.165, 1.54) is 21.4 Å². The van der Waals surface area contributed by atoms with Crippen LogP contribution in [0.3, 0.4) is 0 Å². The maximum atomic E-state index is 13.4. The zero-order valence-corrected chi connectivity index (χ0v) is 15.3. The Hall–Kier alpha value is -3.03. The minimum absolute atomic E-state index is 0.00423. The lowest BCUT2D eigenvalue weighted by Crippen LogP contribution is -2.16. The van der Waals surface area contributed by atoms with E-state index in [9.17, 15) is 18.0 Å². The first-order valence-corrected chi connectivity index (χ1v) is 8.27. The molecule has 0 fully saturated rings. The second-order valence-electron chi connectivity index (χ2n) is 6.38. The summed E-state index contributed by atoms with van der Waals surface area (Å²) in [4.78, 5) is 12.7. The number of hydrogen-bond donors (Lipinski definition) is 1. The number of alkyl halides is 3. The zero-order chi connectivity index (χ0) is 19.9. The Kier molecular flexibility index (Phi) is 4.59. The fourth-order valence-corrected chi connectivity index (χ4v) is 3.18. The first-order chi connectivity index (χ1) is 12.6. The van der Waals surface area contributed by atoms with Gasteiger partial charge in [-0.2, -0.15) is 18.3 Å². The van der Waals surface area contributed by atoms with Gasteiger partial charge in [0.2, 0.25) is 0 Å². The van der Waals surface area contributed by atoms with E-state index in [2.05, 4.69) is 10.4 Å². The van der Waals surface area contributed by atoms with Crippen LogP contribution in [0, 0.1) is 20.8 Å². The maximum Gasteiger partial charge on any atom is 0.418 e. The van der Waals surface area contributed by atoms with Gasteiger partial charge in [-0.3, -0.25) is 9.48 Å². The number of nitrogens with one attached hydrogen (secondary N) is 1. The molecule has 0 aliphatic carbocycles. The van der Waals surface area contributed by atoms with Gasteiger partial charge in [0.15, 0.2) is 0 Å². The molecule has 0 saturated heterocycles. The minimum atomic E-state index is -4.49. The van der Waals surface area contributed by atoms with Crippen LogP contribution in [0.5, 0.6) is 0 Å². The van der Waals surface area contributed by atoms with Gasteiger partial charge in [-0.05, 0) is 39.0 Å². The van der Waals surface area contributed by atoms with Crippen molar-refractivity contribution in [2.75, 3.05) is 5.32 Å². The lowest BCUT2D eigenvalue weighted by Gasteiger charge is -2.16. The van der Waals surface area contributed by atoms with Crippen LogP contribution in [0.4, 0.5) is 19.0 Å². The summed E-state index contributed by atoms with van der Waals surface area (Å²) >= 11 is 0. The molecule has 0 saturated carbocycles. The fraction of sp³-hybridized carbons (Fsp3) is 0.263. The van der Waals surface area contributed by atoms with Gasteiger partial charge < -0.3 is 9.88 Å². The molecular weight excluding hydrogens is 357 g/mol. The quantitative estimate of drug-likeness (QED) is 0.736. The van der Waals surface area contributed by atoms with Crippen molar-refractivity contribution in [1.29, 1.82) is 0 Å². The number of aromatic nitrogens is 3. The van der Waals surface area contributed by atoms with Gasteiger partial charge in [0.25, 0.3) is 5.91 Å². The highest BCUT2D eigenvalue weighted by Crippen LogP contribution is 2.35. The van der Waals surface area contributed by atoms with Crippen LogP contribution in [-0.4, -0.2) is 20.3 Å². The SMILES string of the molecule is Cc1cc(NC(=O)c2cc(C)n(-c3ccccc3C(F)(F)F)c2C)n(C)n1. The molecule has 142 valence electrons. The third-order valence-corrected chi connectivity index (χ3v) is 4.37. The number of para-hydroxylation sites is 1. The van der Waals surface area contributed by atoms with Gasteiger partial charge in [0, 0.05) is 24.5 Å². The number of carbonyl (C=O) groups excluding carboxylic acids is 1. The molecule has 0 atom stereocenters. The molecule has 5 nitrogen and oxygen atoms in total. The summed E-state index contributed by atoms with van der Waals surface area (Å²) in [6.45, 7) is 5.10. The van der Waals surface area contributed by atoms with Crippen LogP contribution in [0.2, 0.25) is 0 Å². The largest absolute Gasteiger partial charge is 0.418 e. The molecule has 2 aromatic heterocycles. The molecule has 0 spiro atoms. The number of anilines is 1. The minimum Gasteiger partial charge on any atom is -0.317 e. The fourth-order valence-electron chi connectivity index (χ4n) is 3.18. The number of nitrogens with zero attached hydrogens (tertiary/aromatic N) is 3. The number of halogens is 3. The molecule has 1 amide bonds. The highest BCUT2D eigenvalue weighted by Gasteiger charge is 2.34. The van der Waals surface area contributed by atoms with Gasteiger partial charge in [-0.15, -0.1) is 0 Å². The van der Waals surface area contributed by atoms with Gasteiger partial charge in [0.1, 0.15) is 5.82 Å². The number of amides is 1. The van der Waals surface area contributed by atoms with E-state index in [1.807, 2.05) is 0 Å². The number of hydrogen-bond acceptors (Lipinski definition) is 2. The van der Waals surface area contributed by atoms with Crippen molar-refractivity contribution in [3.05, 3.63) is 64.6 Å². The molecule has 0 unspecified atom stereocenters.